The summed E-state index contributed by atoms with van der Waals surface area (Å²) in [5, 5.41) is 5.20. The van der Waals surface area contributed by atoms with Gasteiger partial charge < -0.3 is 10.1 Å². The largest absolute Gasteiger partial charge is 0.380 e. The van der Waals surface area contributed by atoms with E-state index in [0.29, 0.717) is 30.7 Å². The van der Waals surface area contributed by atoms with Crippen molar-refractivity contribution >= 4 is 21.4 Å². The smallest absolute Gasteiger partial charge is 0.242 e. The quantitative estimate of drug-likeness (QED) is 0.825. The van der Waals surface area contributed by atoms with Crippen molar-refractivity contribution in [3.8, 4) is 0 Å². The normalized spacial score (nSPS) is 23.9. The summed E-state index contributed by atoms with van der Waals surface area (Å²) >= 11 is 1.49. The van der Waals surface area contributed by atoms with Gasteiger partial charge in [0.05, 0.1) is 11.5 Å². The van der Waals surface area contributed by atoms with Crippen LogP contribution in [-0.2, 0) is 21.3 Å². The summed E-state index contributed by atoms with van der Waals surface area (Å²) in [7, 11) is -3.42. The van der Waals surface area contributed by atoms with Crippen LogP contribution in [0.2, 0.25) is 0 Å². The van der Waals surface area contributed by atoms with Crippen LogP contribution < -0.4 is 10.0 Å². The van der Waals surface area contributed by atoms with Gasteiger partial charge in [0.2, 0.25) is 10.0 Å². The fourth-order valence-corrected chi connectivity index (χ4v) is 4.78. The van der Waals surface area contributed by atoms with Crippen molar-refractivity contribution in [2.75, 3.05) is 13.2 Å². The molecule has 0 spiro atoms. The first-order valence-electron chi connectivity index (χ1n) is 6.55. The minimum absolute atomic E-state index is 0.0888. The molecule has 1 aliphatic carbocycles. The van der Waals surface area contributed by atoms with Gasteiger partial charge in [-0.3, -0.25) is 0 Å². The van der Waals surface area contributed by atoms with Crippen LogP contribution in [0.15, 0.2) is 16.3 Å². The Morgan fingerprint density at radius 2 is 2.16 bits per heavy atom. The standard InChI is InChI=1S/C12H18N2O3S2/c15-19(16,14-10-3-5-17-8-10)12-4-6-18-11(12)7-13-9-1-2-9/h4,6,9-10,13-14H,1-3,5,7-8H2. The Labute approximate surface area is 117 Å². The molecule has 2 aliphatic rings. The molecule has 2 heterocycles. The van der Waals surface area contributed by atoms with Crippen molar-refractivity contribution in [1.29, 1.82) is 0 Å². The molecule has 2 N–H and O–H groups in total. The molecule has 7 heteroatoms. The van der Waals surface area contributed by atoms with E-state index >= 15 is 0 Å². The molecule has 1 aromatic heterocycles. The Morgan fingerprint density at radius 1 is 1.32 bits per heavy atom. The first kappa shape index (κ1) is 13.5. The molecule has 3 rings (SSSR count). The van der Waals surface area contributed by atoms with Crippen LogP contribution >= 0.6 is 11.3 Å². The average molecular weight is 302 g/mol. The fourth-order valence-electron chi connectivity index (χ4n) is 2.13. The summed E-state index contributed by atoms with van der Waals surface area (Å²) in [6, 6.07) is 2.18. The van der Waals surface area contributed by atoms with Crippen LogP contribution in [0.5, 0.6) is 0 Å². The van der Waals surface area contributed by atoms with E-state index in [9.17, 15) is 8.42 Å². The topological polar surface area (TPSA) is 67.4 Å². The zero-order valence-electron chi connectivity index (χ0n) is 10.6. The Kier molecular flexibility index (Phi) is 3.91. The fraction of sp³-hybridized carbons (Fsp3) is 0.667. The lowest BCUT2D eigenvalue weighted by atomic mass is 10.3. The van der Waals surface area contributed by atoms with Gasteiger partial charge in [-0.05, 0) is 30.7 Å². The zero-order chi connectivity index (χ0) is 13.3. The van der Waals surface area contributed by atoms with Gasteiger partial charge in [0.25, 0.3) is 0 Å². The predicted molar refractivity (Wildman–Crippen MR) is 73.7 cm³/mol. The number of rotatable bonds is 6. The molecule has 19 heavy (non-hydrogen) atoms. The van der Waals surface area contributed by atoms with Crippen molar-refractivity contribution < 1.29 is 13.2 Å². The van der Waals surface area contributed by atoms with Gasteiger partial charge in [-0.2, -0.15) is 0 Å². The zero-order valence-corrected chi connectivity index (χ0v) is 12.2. The highest BCUT2D eigenvalue weighted by molar-refractivity contribution is 7.89. The Morgan fingerprint density at radius 3 is 2.84 bits per heavy atom. The summed E-state index contributed by atoms with van der Waals surface area (Å²) in [6.45, 7) is 1.74. The SMILES string of the molecule is O=S(=O)(NC1CCOC1)c1ccsc1CNC1CC1. The minimum Gasteiger partial charge on any atom is -0.380 e. The van der Waals surface area contributed by atoms with Crippen LogP contribution in [0, 0.1) is 0 Å². The van der Waals surface area contributed by atoms with Crippen LogP contribution in [0.4, 0.5) is 0 Å². The molecular weight excluding hydrogens is 284 g/mol. The highest BCUT2D eigenvalue weighted by Gasteiger charge is 2.27. The van der Waals surface area contributed by atoms with Crippen molar-refractivity contribution in [2.45, 2.75) is 42.8 Å². The maximum absolute atomic E-state index is 12.3. The Bertz CT molecular complexity index is 531. The molecule has 1 aliphatic heterocycles. The lowest BCUT2D eigenvalue weighted by molar-refractivity contribution is 0.192. The highest BCUT2D eigenvalue weighted by atomic mass is 32.2. The Hall–Kier alpha value is -0.470. The number of ether oxygens (including phenoxy) is 1. The molecular formula is C12H18N2O3S2. The maximum atomic E-state index is 12.3. The van der Waals surface area contributed by atoms with Gasteiger partial charge >= 0.3 is 0 Å². The number of nitrogens with one attached hydrogen (secondary N) is 2. The van der Waals surface area contributed by atoms with Crippen molar-refractivity contribution in [2.24, 2.45) is 0 Å². The van der Waals surface area contributed by atoms with E-state index in [1.165, 1.54) is 24.2 Å². The van der Waals surface area contributed by atoms with Gasteiger partial charge in [-0.1, -0.05) is 0 Å². The van der Waals surface area contributed by atoms with Crippen LogP contribution in [0.3, 0.4) is 0 Å². The molecule has 1 saturated carbocycles. The molecule has 5 nitrogen and oxygen atoms in total. The summed E-state index contributed by atoms with van der Waals surface area (Å²) in [5.41, 5.74) is 0. The predicted octanol–water partition coefficient (Wildman–Crippen LogP) is 1.07. The summed E-state index contributed by atoms with van der Waals surface area (Å²) < 4.78 is 32.6. The summed E-state index contributed by atoms with van der Waals surface area (Å²) in [4.78, 5) is 1.30. The molecule has 0 amide bonds. The summed E-state index contributed by atoms with van der Waals surface area (Å²) in [5.74, 6) is 0. The van der Waals surface area contributed by atoms with Gasteiger partial charge in [-0.15, -0.1) is 11.3 Å². The molecule has 1 unspecified atom stereocenters. The first-order valence-corrected chi connectivity index (χ1v) is 8.91. The van der Waals surface area contributed by atoms with Crippen LogP contribution in [-0.4, -0.2) is 33.7 Å². The van der Waals surface area contributed by atoms with Gasteiger partial charge in [-0.25, -0.2) is 13.1 Å². The molecule has 1 saturated heterocycles. The second-order valence-electron chi connectivity index (χ2n) is 5.05. The van der Waals surface area contributed by atoms with E-state index in [0.717, 1.165) is 11.3 Å². The lowest BCUT2D eigenvalue weighted by Gasteiger charge is -2.12. The van der Waals surface area contributed by atoms with Gasteiger partial charge in [0.15, 0.2) is 0 Å². The average Bonchev–Trinajstić information content (AvgIpc) is 2.87. The molecule has 0 radical (unpaired) electrons. The highest BCUT2D eigenvalue weighted by Crippen LogP contribution is 2.25. The molecule has 0 bridgehead atoms. The van der Waals surface area contributed by atoms with Crippen molar-refractivity contribution in [1.82, 2.24) is 10.0 Å². The van der Waals surface area contributed by atoms with E-state index in [1.807, 2.05) is 5.38 Å². The van der Waals surface area contributed by atoms with Crippen LogP contribution in [0.1, 0.15) is 24.1 Å². The van der Waals surface area contributed by atoms with Crippen molar-refractivity contribution in [3.63, 3.8) is 0 Å². The Balaban J connectivity index is 1.70. The molecule has 0 aromatic carbocycles. The van der Waals surface area contributed by atoms with E-state index in [1.54, 1.807) is 6.07 Å². The van der Waals surface area contributed by atoms with E-state index in [4.69, 9.17) is 4.74 Å². The number of thiophene rings is 1. The first-order chi connectivity index (χ1) is 9.15. The monoisotopic (exact) mass is 302 g/mol. The third-order valence-electron chi connectivity index (χ3n) is 3.37. The number of sulfonamides is 1. The second-order valence-corrected chi connectivity index (χ2v) is 7.73. The van der Waals surface area contributed by atoms with Gasteiger partial charge in [0.1, 0.15) is 0 Å². The second kappa shape index (κ2) is 5.49. The van der Waals surface area contributed by atoms with Crippen molar-refractivity contribution in [3.05, 3.63) is 16.3 Å². The lowest BCUT2D eigenvalue weighted by Crippen LogP contribution is -2.35. The number of hydrogen-bond acceptors (Lipinski definition) is 5. The number of hydrogen-bond donors (Lipinski definition) is 2. The minimum atomic E-state index is -3.42. The van der Waals surface area contributed by atoms with Crippen LogP contribution in [0.25, 0.3) is 0 Å². The summed E-state index contributed by atoms with van der Waals surface area (Å²) in [6.07, 6.45) is 3.15. The third-order valence-corrected chi connectivity index (χ3v) is 6.03. The molecule has 1 aromatic rings. The molecule has 106 valence electrons. The molecule has 1 atom stereocenters. The van der Waals surface area contributed by atoms with E-state index in [2.05, 4.69) is 10.0 Å². The maximum Gasteiger partial charge on any atom is 0.242 e. The van der Waals surface area contributed by atoms with E-state index in [-0.39, 0.29) is 6.04 Å². The third kappa shape index (κ3) is 3.35. The molecule has 2 fully saturated rings. The van der Waals surface area contributed by atoms with E-state index < -0.39 is 10.0 Å². The van der Waals surface area contributed by atoms with Gasteiger partial charge in [0, 0.05) is 30.1 Å².